The molecule has 0 atom stereocenters. The van der Waals surface area contributed by atoms with Crippen LogP contribution in [0.5, 0.6) is 11.8 Å². The third-order valence-corrected chi connectivity index (χ3v) is 3.12. The molecule has 2 aromatic rings. The molecule has 0 saturated carbocycles. The van der Waals surface area contributed by atoms with Crippen molar-refractivity contribution in [3.8, 4) is 11.8 Å². The second-order valence-electron chi connectivity index (χ2n) is 5.81. The molecule has 0 aliphatic carbocycles. The number of benzene rings is 1. The molecule has 0 aliphatic heterocycles. The van der Waals surface area contributed by atoms with Crippen molar-refractivity contribution in [2.24, 2.45) is 0 Å². The Morgan fingerprint density at radius 3 is 2.48 bits per heavy atom. The molecule has 1 aromatic heterocycles. The first-order chi connectivity index (χ1) is 9.79. The molecular weight excluding hydrogens is 288 g/mol. The number of ether oxygens (including phenoxy) is 1. The number of anilines is 1. The fourth-order valence-electron chi connectivity index (χ4n) is 1.91. The minimum absolute atomic E-state index is 0.0516. The molecule has 1 heterocycles. The lowest BCUT2D eigenvalue weighted by atomic mass is 9.85. The van der Waals surface area contributed by atoms with Gasteiger partial charge in [0.25, 0.3) is 0 Å². The van der Waals surface area contributed by atoms with Crippen LogP contribution in [0.3, 0.4) is 0 Å². The number of aromatic nitrogens is 3. The van der Waals surface area contributed by atoms with Gasteiger partial charge in [0.15, 0.2) is 0 Å². The summed E-state index contributed by atoms with van der Waals surface area (Å²) in [6, 6.07) is 6.20. The molecule has 6 heteroatoms. The Labute approximate surface area is 129 Å². The second kappa shape index (κ2) is 5.85. The minimum atomic E-state index is -0.0516. The maximum Gasteiger partial charge on any atom is 0.328 e. The summed E-state index contributed by atoms with van der Waals surface area (Å²) in [7, 11) is 1.71. The fourth-order valence-corrected chi connectivity index (χ4v) is 2.06. The van der Waals surface area contributed by atoms with Crippen LogP contribution in [-0.2, 0) is 5.41 Å². The van der Waals surface area contributed by atoms with Crippen molar-refractivity contribution < 1.29 is 4.74 Å². The van der Waals surface area contributed by atoms with E-state index < -0.39 is 0 Å². The highest BCUT2D eigenvalue weighted by molar-refractivity contribution is 6.28. The molecule has 0 amide bonds. The molecule has 0 aliphatic rings. The molecule has 0 saturated heterocycles. The van der Waals surface area contributed by atoms with Gasteiger partial charge in [0.2, 0.25) is 11.2 Å². The summed E-state index contributed by atoms with van der Waals surface area (Å²) in [6.45, 7) is 8.45. The van der Waals surface area contributed by atoms with Gasteiger partial charge in [-0.05, 0) is 30.0 Å². The van der Waals surface area contributed by atoms with E-state index in [0.717, 1.165) is 11.3 Å². The summed E-state index contributed by atoms with van der Waals surface area (Å²) in [5.41, 5.74) is 2.21. The van der Waals surface area contributed by atoms with Crippen LogP contribution in [0.1, 0.15) is 31.9 Å². The Hall–Kier alpha value is -1.88. The first-order valence-electron chi connectivity index (χ1n) is 6.68. The zero-order valence-corrected chi connectivity index (χ0v) is 13.6. The van der Waals surface area contributed by atoms with Crippen LogP contribution in [0.4, 0.5) is 5.95 Å². The first kappa shape index (κ1) is 15.5. The number of hydrogen-bond donors (Lipinski definition) is 1. The fraction of sp³-hybridized carbons (Fsp3) is 0.400. The van der Waals surface area contributed by atoms with Crippen LogP contribution in [0.15, 0.2) is 18.2 Å². The van der Waals surface area contributed by atoms with Gasteiger partial charge < -0.3 is 10.1 Å². The summed E-state index contributed by atoms with van der Waals surface area (Å²) in [6.07, 6.45) is 0. The first-order valence-corrected chi connectivity index (χ1v) is 7.05. The normalized spacial score (nSPS) is 11.3. The molecule has 112 valence electrons. The van der Waals surface area contributed by atoms with Crippen molar-refractivity contribution in [3.05, 3.63) is 34.6 Å². The monoisotopic (exact) mass is 306 g/mol. The zero-order chi connectivity index (χ0) is 15.6. The van der Waals surface area contributed by atoms with E-state index in [2.05, 4.69) is 54.0 Å². The molecular formula is C15H19ClN4O. The highest BCUT2D eigenvalue weighted by atomic mass is 35.5. The predicted octanol–water partition coefficient (Wildman–Crippen LogP) is 3.96. The zero-order valence-electron chi connectivity index (χ0n) is 12.9. The minimum Gasteiger partial charge on any atom is -0.424 e. The summed E-state index contributed by atoms with van der Waals surface area (Å²) in [4.78, 5) is 12.1. The van der Waals surface area contributed by atoms with Crippen molar-refractivity contribution in [3.63, 3.8) is 0 Å². The molecule has 0 unspecified atom stereocenters. The summed E-state index contributed by atoms with van der Waals surface area (Å²) in [5, 5.41) is 2.91. The Balaban J connectivity index is 2.42. The number of aryl methyl sites for hydroxylation is 1. The maximum absolute atomic E-state index is 5.87. The number of hydrogen-bond acceptors (Lipinski definition) is 5. The number of nitrogens with zero attached hydrogens (tertiary/aromatic N) is 3. The Morgan fingerprint density at radius 1 is 1.14 bits per heavy atom. The number of rotatable bonds is 3. The van der Waals surface area contributed by atoms with E-state index in [0.29, 0.717) is 5.95 Å². The van der Waals surface area contributed by atoms with Crippen LogP contribution in [-0.4, -0.2) is 22.0 Å². The van der Waals surface area contributed by atoms with Crippen LogP contribution < -0.4 is 10.1 Å². The molecule has 1 N–H and O–H groups in total. The third-order valence-electron chi connectivity index (χ3n) is 2.96. The maximum atomic E-state index is 5.87. The Morgan fingerprint density at radius 2 is 1.86 bits per heavy atom. The van der Waals surface area contributed by atoms with Crippen LogP contribution in [0.25, 0.3) is 0 Å². The van der Waals surface area contributed by atoms with Gasteiger partial charge in [-0.3, -0.25) is 0 Å². The molecule has 5 nitrogen and oxygen atoms in total. The molecule has 0 fully saturated rings. The number of halogens is 1. The van der Waals surface area contributed by atoms with E-state index in [1.165, 1.54) is 5.56 Å². The molecule has 0 bridgehead atoms. The van der Waals surface area contributed by atoms with E-state index in [9.17, 15) is 0 Å². The van der Waals surface area contributed by atoms with Crippen molar-refractivity contribution in [2.75, 3.05) is 12.4 Å². The van der Waals surface area contributed by atoms with Crippen molar-refractivity contribution in [1.82, 2.24) is 15.0 Å². The van der Waals surface area contributed by atoms with Gasteiger partial charge in [0, 0.05) is 12.6 Å². The molecule has 0 spiro atoms. The van der Waals surface area contributed by atoms with E-state index in [-0.39, 0.29) is 16.7 Å². The lowest BCUT2D eigenvalue weighted by molar-refractivity contribution is 0.421. The largest absolute Gasteiger partial charge is 0.424 e. The lowest BCUT2D eigenvalue weighted by Crippen LogP contribution is -2.13. The van der Waals surface area contributed by atoms with Gasteiger partial charge in [-0.2, -0.15) is 15.0 Å². The second-order valence-corrected chi connectivity index (χ2v) is 6.15. The van der Waals surface area contributed by atoms with Gasteiger partial charge in [-0.15, -0.1) is 0 Å². The predicted molar refractivity (Wildman–Crippen MR) is 84.3 cm³/mol. The summed E-state index contributed by atoms with van der Waals surface area (Å²) < 4.78 is 5.83. The summed E-state index contributed by atoms with van der Waals surface area (Å²) >= 11 is 5.87. The van der Waals surface area contributed by atoms with Crippen LogP contribution >= 0.6 is 11.6 Å². The topological polar surface area (TPSA) is 59.9 Å². The van der Waals surface area contributed by atoms with Gasteiger partial charge in [0.05, 0.1) is 0 Å². The third kappa shape index (κ3) is 3.82. The smallest absolute Gasteiger partial charge is 0.328 e. The number of nitrogens with one attached hydrogen (secondary N) is 1. The van der Waals surface area contributed by atoms with E-state index >= 15 is 0 Å². The van der Waals surface area contributed by atoms with E-state index in [1.54, 1.807) is 7.05 Å². The quantitative estimate of drug-likeness (QED) is 0.930. The molecule has 21 heavy (non-hydrogen) atoms. The van der Waals surface area contributed by atoms with Crippen molar-refractivity contribution in [2.45, 2.75) is 33.1 Å². The van der Waals surface area contributed by atoms with E-state index in [1.807, 2.05) is 12.1 Å². The average Bonchev–Trinajstić information content (AvgIpc) is 2.39. The van der Waals surface area contributed by atoms with Gasteiger partial charge in [0.1, 0.15) is 5.75 Å². The molecule has 1 aromatic carbocycles. The standard InChI is InChI=1S/C15H19ClN4O/c1-9-6-7-11(10(8-9)15(2,3)4)21-14-19-12(16)18-13(17-5)20-14/h6-8H,1-5H3,(H,17,18,19,20). The van der Waals surface area contributed by atoms with Crippen LogP contribution in [0.2, 0.25) is 5.28 Å². The highest BCUT2D eigenvalue weighted by Crippen LogP contribution is 2.34. The van der Waals surface area contributed by atoms with Gasteiger partial charge in [-0.1, -0.05) is 38.5 Å². The average molecular weight is 307 g/mol. The SMILES string of the molecule is CNc1nc(Cl)nc(Oc2ccc(C)cc2C(C)(C)C)n1. The van der Waals surface area contributed by atoms with Crippen LogP contribution in [0, 0.1) is 6.92 Å². The lowest BCUT2D eigenvalue weighted by Gasteiger charge is -2.22. The summed E-state index contributed by atoms with van der Waals surface area (Å²) in [5.74, 6) is 1.09. The van der Waals surface area contributed by atoms with Gasteiger partial charge >= 0.3 is 6.01 Å². The van der Waals surface area contributed by atoms with E-state index in [4.69, 9.17) is 16.3 Å². The highest BCUT2D eigenvalue weighted by Gasteiger charge is 2.20. The van der Waals surface area contributed by atoms with Gasteiger partial charge in [-0.25, -0.2) is 0 Å². The Bertz CT molecular complexity index is 653. The molecule has 0 radical (unpaired) electrons. The van der Waals surface area contributed by atoms with Crippen molar-refractivity contribution >= 4 is 17.5 Å². The van der Waals surface area contributed by atoms with Crippen molar-refractivity contribution in [1.29, 1.82) is 0 Å². The Kier molecular flexibility index (Phi) is 4.32. The molecule has 2 rings (SSSR count).